The van der Waals surface area contributed by atoms with E-state index in [1.54, 1.807) is 16.2 Å². The van der Waals surface area contributed by atoms with E-state index in [4.69, 9.17) is 9.47 Å². The Bertz CT molecular complexity index is 569. The zero-order valence-electron chi connectivity index (χ0n) is 18.0. The fourth-order valence-electron chi connectivity index (χ4n) is 2.56. The van der Waals surface area contributed by atoms with E-state index in [2.05, 4.69) is 19.2 Å². The molecule has 0 aliphatic rings. The molecule has 2 amide bonds. The molecule has 1 heterocycles. The quantitative estimate of drug-likeness (QED) is 0.516. The highest BCUT2D eigenvalue weighted by Crippen LogP contribution is 2.14. The monoisotopic (exact) mass is 412 g/mol. The second-order valence-electron chi connectivity index (χ2n) is 7.92. The van der Waals surface area contributed by atoms with Crippen molar-refractivity contribution in [2.24, 2.45) is 0 Å². The normalized spacial score (nSPS) is 12.3. The molecule has 0 aliphatic heterocycles. The van der Waals surface area contributed by atoms with Crippen LogP contribution in [0.25, 0.3) is 0 Å². The van der Waals surface area contributed by atoms with Crippen LogP contribution in [0.3, 0.4) is 0 Å². The number of hydrogen-bond donors (Lipinski definition) is 1. The Morgan fingerprint density at radius 3 is 2.50 bits per heavy atom. The maximum absolute atomic E-state index is 12.6. The van der Waals surface area contributed by atoms with E-state index in [1.807, 2.05) is 38.3 Å². The van der Waals surface area contributed by atoms with Gasteiger partial charge in [0.15, 0.2) is 0 Å². The smallest absolute Gasteiger partial charge is 0.410 e. The van der Waals surface area contributed by atoms with Gasteiger partial charge in [-0.15, -0.1) is 11.3 Å². The van der Waals surface area contributed by atoms with E-state index in [1.165, 1.54) is 0 Å². The highest BCUT2D eigenvalue weighted by Gasteiger charge is 2.22. The molecule has 1 atom stereocenters. The topological polar surface area (TPSA) is 67.9 Å². The van der Waals surface area contributed by atoms with Gasteiger partial charge in [-0.05, 0) is 45.1 Å². The number of unbranched alkanes of at least 4 members (excludes halogenated alkanes) is 2. The number of carbonyl (C=O) groups is 2. The summed E-state index contributed by atoms with van der Waals surface area (Å²) in [6.07, 6.45) is 3.79. The molecule has 1 aromatic heterocycles. The third-order valence-corrected chi connectivity index (χ3v) is 4.86. The highest BCUT2D eigenvalue weighted by atomic mass is 32.1. The molecule has 0 aromatic carbocycles. The SMILES string of the molecule is CCCCC(COC(=O)N(CCCC)Cc1cccs1)NC(=O)OC(C)(C)C. The third kappa shape index (κ3) is 10.5. The summed E-state index contributed by atoms with van der Waals surface area (Å²) in [7, 11) is 0. The maximum Gasteiger partial charge on any atom is 0.410 e. The standard InChI is InChI=1S/C21H36N2O4S/c1-6-8-11-17(22-19(24)27-21(3,4)5)16-26-20(25)23(13-9-7-2)15-18-12-10-14-28-18/h10,12,14,17H,6-9,11,13,15-16H2,1-5H3,(H,22,24). The van der Waals surface area contributed by atoms with Crippen LogP contribution in [-0.2, 0) is 16.0 Å². The van der Waals surface area contributed by atoms with Crippen LogP contribution in [0.1, 0.15) is 71.6 Å². The predicted molar refractivity (Wildman–Crippen MR) is 114 cm³/mol. The molecule has 7 heteroatoms. The lowest BCUT2D eigenvalue weighted by molar-refractivity contribution is 0.0444. The summed E-state index contributed by atoms with van der Waals surface area (Å²) >= 11 is 1.63. The molecule has 6 nitrogen and oxygen atoms in total. The van der Waals surface area contributed by atoms with E-state index in [0.717, 1.165) is 37.0 Å². The predicted octanol–water partition coefficient (Wildman–Crippen LogP) is 5.57. The van der Waals surface area contributed by atoms with Crippen molar-refractivity contribution in [3.63, 3.8) is 0 Å². The van der Waals surface area contributed by atoms with Gasteiger partial charge in [0.25, 0.3) is 0 Å². The molecule has 1 aromatic rings. The molecular weight excluding hydrogens is 376 g/mol. The number of carbonyl (C=O) groups excluding carboxylic acids is 2. The molecule has 1 N–H and O–H groups in total. The number of alkyl carbamates (subject to hydrolysis) is 1. The van der Waals surface area contributed by atoms with Crippen LogP contribution in [0.15, 0.2) is 17.5 Å². The minimum Gasteiger partial charge on any atom is -0.447 e. The fraction of sp³-hybridized carbons (Fsp3) is 0.714. The van der Waals surface area contributed by atoms with Gasteiger partial charge in [0.05, 0.1) is 12.6 Å². The second-order valence-corrected chi connectivity index (χ2v) is 8.95. The van der Waals surface area contributed by atoms with Crippen molar-refractivity contribution < 1.29 is 19.1 Å². The first-order valence-corrected chi connectivity index (χ1v) is 11.1. The lowest BCUT2D eigenvalue weighted by Crippen LogP contribution is -2.43. The van der Waals surface area contributed by atoms with Crippen molar-refractivity contribution >= 4 is 23.5 Å². The molecule has 1 rings (SSSR count). The Labute approximate surface area is 173 Å². The maximum atomic E-state index is 12.6. The first kappa shape index (κ1) is 24.3. The van der Waals surface area contributed by atoms with Gasteiger partial charge in [-0.2, -0.15) is 0 Å². The molecule has 0 saturated heterocycles. The number of thiophene rings is 1. The van der Waals surface area contributed by atoms with Crippen molar-refractivity contribution in [1.29, 1.82) is 0 Å². The van der Waals surface area contributed by atoms with E-state index in [0.29, 0.717) is 13.1 Å². The van der Waals surface area contributed by atoms with Crippen molar-refractivity contribution in [3.8, 4) is 0 Å². The van der Waals surface area contributed by atoms with E-state index >= 15 is 0 Å². The minimum absolute atomic E-state index is 0.144. The summed E-state index contributed by atoms with van der Waals surface area (Å²) in [5.41, 5.74) is -0.562. The summed E-state index contributed by atoms with van der Waals surface area (Å²) in [6.45, 7) is 11.0. The molecule has 28 heavy (non-hydrogen) atoms. The number of nitrogens with zero attached hydrogens (tertiary/aromatic N) is 1. The number of ether oxygens (including phenoxy) is 2. The number of amides is 2. The van der Waals surface area contributed by atoms with E-state index < -0.39 is 11.7 Å². The van der Waals surface area contributed by atoms with E-state index in [9.17, 15) is 9.59 Å². The zero-order chi connectivity index (χ0) is 21.0. The molecule has 0 aliphatic carbocycles. The van der Waals surface area contributed by atoms with Gasteiger partial charge in [-0.3, -0.25) is 0 Å². The van der Waals surface area contributed by atoms with Crippen molar-refractivity contribution in [3.05, 3.63) is 22.4 Å². The van der Waals surface area contributed by atoms with Crippen molar-refractivity contribution in [2.45, 2.75) is 84.9 Å². The van der Waals surface area contributed by atoms with Crippen molar-refractivity contribution in [1.82, 2.24) is 10.2 Å². The minimum atomic E-state index is -0.562. The lowest BCUT2D eigenvalue weighted by Gasteiger charge is -2.25. The largest absolute Gasteiger partial charge is 0.447 e. The highest BCUT2D eigenvalue weighted by molar-refractivity contribution is 7.09. The average molecular weight is 413 g/mol. The van der Waals surface area contributed by atoms with Gasteiger partial charge >= 0.3 is 12.2 Å². The molecule has 1 unspecified atom stereocenters. The van der Waals surface area contributed by atoms with Gasteiger partial charge in [0.2, 0.25) is 0 Å². The average Bonchev–Trinajstić information content (AvgIpc) is 3.12. The first-order valence-electron chi connectivity index (χ1n) is 10.2. The molecular formula is C21H36N2O4S. The summed E-state index contributed by atoms with van der Waals surface area (Å²) in [5.74, 6) is 0. The van der Waals surface area contributed by atoms with Gasteiger partial charge in [0, 0.05) is 11.4 Å². The van der Waals surface area contributed by atoms with Crippen LogP contribution in [0.5, 0.6) is 0 Å². The Morgan fingerprint density at radius 2 is 1.93 bits per heavy atom. The van der Waals surface area contributed by atoms with E-state index in [-0.39, 0.29) is 18.7 Å². The molecule has 0 bridgehead atoms. The molecule has 160 valence electrons. The summed E-state index contributed by atoms with van der Waals surface area (Å²) in [6, 6.07) is 3.74. The molecule has 0 radical (unpaired) electrons. The number of hydrogen-bond acceptors (Lipinski definition) is 5. The Kier molecular flexibility index (Phi) is 11.0. The van der Waals surface area contributed by atoms with Crippen LogP contribution < -0.4 is 5.32 Å². The molecule has 0 fully saturated rings. The van der Waals surface area contributed by atoms with Gasteiger partial charge in [-0.1, -0.05) is 39.2 Å². The summed E-state index contributed by atoms with van der Waals surface area (Å²) < 4.78 is 10.9. The van der Waals surface area contributed by atoms with Crippen molar-refractivity contribution in [2.75, 3.05) is 13.2 Å². The Hall–Kier alpha value is -1.76. The lowest BCUT2D eigenvalue weighted by atomic mass is 10.1. The van der Waals surface area contributed by atoms with Gasteiger partial charge in [0.1, 0.15) is 12.2 Å². The Balaban J connectivity index is 2.62. The molecule has 0 spiro atoms. The summed E-state index contributed by atoms with van der Waals surface area (Å²) in [4.78, 5) is 27.6. The zero-order valence-corrected chi connectivity index (χ0v) is 18.8. The Morgan fingerprint density at radius 1 is 1.21 bits per heavy atom. The van der Waals surface area contributed by atoms with Gasteiger partial charge < -0.3 is 19.7 Å². The fourth-order valence-corrected chi connectivity index (χ4v) is 3.28. The number of rotatable bonds is 11. The third-order valence-electron chi connectivity index (χ3n) is 4.00. The van der Waals surface area contributed by atoms with Crippen LogP contribution in [0.2, 0.25) is 0 Å². The first-order chi connectivity index (χ1) is 13.2. The van der Waals surface area contributed by atoms with Crippen LogP contribution in [0.4, 0.5) is 9.59 Å². The van der Waals surface area contributed by atoms with Crippen LogP contribution in [0, 0.1) is 0 Å². The van der Waals surface area contributed by atoms with Gasteiger partial charge in [-0.25, -0.2) is 9.59 Å². The van der Waals surface area contributed by atoms with Crippen LogP contribution in [-0.4, -0.2) is 41.9 Å². The summed E-state index contributed by atoms with van der Waals surface area (Å²) in [5, 5.41) is 4.84. The second kappa shape index (κ2) is 12.6. The molecule has 0 saturated carbocycles. The van der Waals surface area contributed by atoms with Crippen LogP contribution >= 0.6 is 11.3 Å². The number of nitrogens with one attached hydrogen (secondary N) is 1.